The van der Waals surface area contributed by atoms with Crippen LogP contribution in [-0.4, -0.2) is 22.6 Å². The Labute approximate surface area is 67.6 Å². The molecule has 5 nitrogen and oxygen atoms in total. The molecule has 1 aromatic rings. The zero-order chi connectivity index (χ0) is 8.27. The monoisotopic (exact) mass is 172 g/mol. The molecule has 0 radical (unpaired) electrons. The van der Waals surface area contributed by atoms with Gasteiger partial charge in [-0.2, -0.15) is 0 Å². The highest BCUT2D eigenvalue weighted by atomic mass is 32.1. The van der Waals surface area contributed by atoms with Crippen LogP contribution in [0.5, 0.6) is 0 Å². The van der Waals surface area contributed by atoms with E-state index in [4.69, 9.17) is 5.73 Å². The highest BCUT2D eigenvalue weighted by molar-refractivity contribution is 7.15. The van der Waals surface area contributed by atoms with Crippen molar-refractivity contribution in [3.63, 3.8) is 0 Å². The second kappa shape index (κ2) is 3.29. The lowest BCUT2D eigenvalue weighted by Crippen LogP contribution is -2.21. The van der Waals surface area contributed by atoms with Crippen molar-refractivity contribution < 1.29 is 4.79 Å². The summed E-state index contributed by atoms with van der Waals surface area (Å²) in [6.07, 6.45) is 0. The molecule has 1 rings (SSSR count). The van der Waals surface area contributed by atoms with E-state index >= 15 is 0 Å². The predicted molar refractivity (Wildman–Crippen MR) is 42.3 cm³/mol. The van der Waals surface area contributed by atoms with Crippen molar-refractivity contribution in [3.05, 3.63) is 5.01 Å². The van der Waals surface area contributed by atoms with Gasteiger partial charge in [0.1, 0.15) is 5.01 Å². The summed E-state index contributed by atoms with van der Waals surface area (Å²) in [5.74, 6) is -0.405. The third kappa shape index (κ3) is 2.50. The highest BCUT2D eigenvalue weighted by Crippen LogP contribution is 2.12. The number of carbonyl (C=O) groups excluding carboxylic acids is 1. The Bertz CT molecular complexity index is 259. The lowest BCUT2D eigenvalue weighted by Gasteiger charge is -1.94. The van der Waals surface area contributed by atoms with E-state index in [9.17, 15) is 4.79 Å². The maximum Gasteiger partial charge on any atom is 0.236 e. The molecular formula is C5H8N4OS. The fourth-order valence-corrected chi connectivity index (χ4v) is 1.12. The summed E-state index contributed by atoms with van der Waals surface area (Å²) in [5, 5.41) is 11.7. The number of amides is 1. The second-order valence-corrected chi connectivity index (χ2v) is 3.13. The van der Waals surface area contributed by atoms with Gasteiger partial charge in [0.2, 0.25) is 11.0 Å². The Hall–Kier alpha value is -1.17. The predicted octanol–water partition coefficient (Wildman–Crippen LogP) is -0.256. The van der Waals surface area contributed by atoms with Gasteiger partial charge in [-0.3, -0.25) is 4.79 Å². The minimum Gasteiger partial charge on any atom is -0.368 e. The number of aryl methyl sites for hydroxylation is 1. The van der Waals surface area contributed by atoms with Crippen LogP contribution in [0.2, 0.25) is 0 Å². The van der Waals surface area contributed by atoms with Crippen molar-refractivity contribution in [2.45, 2.75) is 6.92 Å². The number of rotatable bonds is 3. The summed E-state index contributed by atoms with van der Waals surface area (Å²) >= 11 is 1.39. The zero-order valence-corrected chi connectivity index (χ0v) is 6.81. The van der Waals surface area contributed by atoms with Gasteiger partial charge in [0, 0.05) is 0 Å². The first-order valence-electron chi connectivity index (χ1n) is 3.01. The Kier molecular flexibility index (Phi) is 2.37. The van der Waals surface area contributed by atoms with Crippen LogP contribution in [0.3, 0.4) is 0 Å². The summed E-state index contributed by atoms with van der Waals surface area (Å²) in [7, 11) is 0. The van der Waals surface area contributed by atoms with Crippen molar-refractivity contribution in [2.24, 2.45) is 5.73 Å². The first-order valence-corrected chi connectivity index (χ1v) is 3.82. The summed E-state index contributed by atoms with van der Waals surface area (Å²) in [6.45, 7) is 1.95. The molecule has 0 bridgehead atoms. The largest absolute Gasteiger partial charge is 0.368 e. The van der Waals surface area contributed by atoms with Gasteiger partial charge in [-0.15, -0.1) is 10.2 Å². The third-order valence-electron chi connectivity index (χ3n) is 0.940. The topological polar surface area (TPSA) is 80.9 Å². The Morgan fingerprint density at radius 3 is 2.91 bits per heavy atom. The normalized spacial score (nSPS) is 9.55. The average Bonchev–Trinajstić information content (AvgIpc) is 2.31. The van der Waals surface area contributed by atoms with Crippen LogP contribution in [-0.2, 0) is 4.79 Å². The number of nitrogens with zero attached hydrogens (tertiary/aromatic N) is 2. The van der Waals surface area contributed by atoms with E-state index in [2.05, 4.69) is 15.5 Å². The molecular weight excluding hydrogens is 164 g/mol. The van der Waals surface area contributed by atoms with E-state index in [1.165, 1.54) is 11.3 Å². The molecule has 0 atom stereocenters. The van der Waals surface area contributed by atoms with Gasteiger partial charge in [-0.05, 0) is 6.92 Å². The summed E-state index contributed by atoms with van der Waals surface area (Å²) in [5.41, 5.74) is 4.90. The van der Waals surface area contributed by atoms with Crippen molar-refractivity contribution in [1.82, 2.24) is 10.2 Å². The van der Waals surface area contributed by atoms with Crippen molar-refractivity contribution >= 4 is 22.4 Å². The molecule has 3 N–H and O–H groups in total. The van der Waals surface area contributed by atoms with Crippen LogP contribution >= 0.6 is 11.3 Å². The maximum atomic E-state index is 10.3. The molecule has 0 aliphatic rings. The van der Waals surface area contributed by atoms with Crippen LogP contribution in [0, 0.1) is 6.92 Å². The highest BCUT2D eigenvalue weighted by Gasteiger charge is 1.99. The van der Waals surface area contributed by atoms with Gasteiger partial charge in [-0.25, -0.2) is 0 Å². The Balaban J connectivity index is 2.45. The fourth-order valence-electron chi connectivity index (χ4n) is 0.531. The van der Waals surface area contributed by atoms with Crippen LogP contribution < -0.4 is 11.1 Å². The molecule has 1 amide bonds. The molecule has 0 aromatic carbocycles. The lowest BCUT2D eigenvalue weighted by molar-refractivity contribution is -0.116. The van der Waals surface area contributed by atoms with Gasteiger partial charge >= 0.3 is 0 Å². The summed E-state index contributed by atoms with van der Waals surface area (Å²) in [4.78, 5) is 10.3. The first-order chi connectivity index (χ1) is 5.18. The standard InChI is InChI=1S/C5H8N4OS/c1-3-8-9-5(11-3)7-2-4(6)10/h2H2,1H3,(H2,6,10)(H,7,9). The molecule has 0 saturated heterocycles. The maximum absolute atomic E-state index is 10.3. The molecule has 0 aliphatic carbocycles. The number of nitrogens with two attached hydrogens (primary N) is 1. The van der Waals surface area contributed by atoms with E-state index < -0.39 is 5.91 Å². The van der Waals surface area contributed by atoms with Crippen molar-refractivity contribution in [1.29, 1.82) is 0 Å². The molecule has 0 unspecified atom stereocenters. The third-order valence-corrected chi connectivity index (χ3v) is 1.74. The zero-order valence-electron chi connectivity index (χ0n) is 6.00. The van der Waals surface area contributed by atoms with Gasteiger partial charge in [0.25, 0.3) is 0 Å². The number of primary amides is 1. The molecule has 0 saturated carbocycles. The fraction of sp³-hybridized carbons (Fsp3) is 0.400. The molecule has 0 spiro atoms. The van der Waals surface area contributed by atoms with Crippen LogP contribution in [0.15, 0.2) is 0 Å². The molecule has 6 heteroatoms. The van der Waals surface area contributed by atoms with Gasteiger partial charge in [0.15, 0.2) is 0 Å². The molecule has 11 heavy (non-hydrogen) atoms. The van der Waals surface area contributed by atoms with E-state index in [0.717, 1.165) is 5.01 Å². The summed E-state index contributed by atoms with van der Waals surface area (Å²) < 4.78 is 0. The van der Waals surface area contributed by atoms with Crippen molar-refractivity contribution in [2.75, 3.05) is 11.9 Å². The van der Waals surface area contributed by atoms with Crippen molar-refractivity contribution in [3.8, 4) is 0 Å². The minimum atomic E-state index is -0.405. The smallest absolute Gasteiger partial charge is 0.236 e. The molecule has 60 valence electrons. The molecule has 0 fully saturated rings. The van der Waals surface area contributed by atoms with Gasteiger partial charge in [-0.1, -0.05) is 11.3 Å². The summed E-state index contributed by atoms with van der Waals surface area (Å²) in [6, 6.07) is 0. The minimum absolute atomic E-state index is 0.106. The van der Waals surface area contributed by atoms with Crippen LogP contribution in [0.1, 0.15) is 5.01 Å². The quantitative estimate of drug-likeness (QED) is 0.658. The van der Waals surface area contributed by atoms with E-state index in [0.29, 0.717) is 5.13 Å². The van der Waals surface area contributed by atoms with Gasteiger partial charge in [0.05, 0.1) is 6.54 Å². The molecule has 0 aliphatic heterocycles. The van der Waals surface area contributed by atoms with Gasteiger partial charge < -0.3 is 11.1 Å². The first kappa shape index (κ1) is 7.93. The molecule has 1 heterocycles. The number of hydrogen-bond donors (Lipinski definition) is 2. The Morgan fingerprint density at radius 1 is 1.73 bits per heavy atom. The van der Waals surface area contributed by atoms with E-state index in [-0.39, 0.29) is 6.54 Å². The van der Waals surface area contributed by atoms with Crippen LogP contribution in [0.4, 0.5) is 5.13 Å². The number of aromatic nitrogens is 2. The number of carbonyl (C=O) groups is 1. The lowest BCUT2D eigenvalue weighted by atomic mass is 10.6. The van der Waals surface area contributed by atoms with E-state index in [1.807, 2.05) is 6.92 Å². The second-order valence-electron chi connectivity index (χ2n) is 1.95. The average molecular weight is 172 g/mol. The van der Waals surface area contributed by atoms with E-state index in [1.54, 1.807) is 0 Å². The Morgan fingerprint density at radius 2 is 2.45 bits per heavy atom. The number of anilines is 1. The molecule has 1 aromatic heterocycles. The number of hydrogen-bond acceptors (Lipinski definition) is 5. The number of nitrogens with one attached hydrogen (secondary N) is 1. The van der Waals surface area contributed by atoms with Crippen LogP contribution in [0.25, 0.3) is 0 Å². The SMILES string of the molecule is Cc1nnc(NCC(N)=O)s1.